The van der Waals surface area contributed by atoms with E-state index >= 15 is 0 Å². The standard InChI is InChI=1S/C14H13ClN2O/c15-12-3-1-2-4-13(12)18-9-10-5-7-11(8-6-10)14(16)17/h1-8H,9H2,(H3,16,17). The lowest BCUT2D eigenvalue weighted by Crippen LogP contribution is -2.10. The first kappa shape index (κ1) is 12.5. The van der Waals surface area contributed by atoms with Gasteiger partial charge in [-0.15, -0.1) is 0 Å². The first-order valence-electron chi connectivity index (χ1n) is 5.47. The number of nitrogens with two attached hydrogens (primary N) is 1. The Morgan fingerprint density at radius 2 is 1.78 bits per heavy atom. The molecule has 3 N–H and O–H groups in total. The lowest BCUT2D eigenvalue weighted by atomic mass is 10.1. The van der Waals surface area contributed by atoms with Crippen molar-refractivity contribution in [2.45, 2.75) is 6.61 Å². The largest absolute Gasteiger partial charge is 0.487 e. The maximum absolute atomic E-state index is 7.30. The van der Waals surface area contributed by atoms with Crippen LogP contribution in [0.3, 0.4) is 0 Å². The first-order chi connectivity index (χ1) is 8.66. The smallest absolute Gasteiger partial charge is 0.138 e. The summed E-state index contributed by atoms with van der Waals surface area (Å²) in [4.78, 5) is 0. The molecule has 0 bridgehead atoms. The molecule has 0 spiro atoms. The predicted octanol–water partition coefficient (Wildman–Crippen LogP) is 3.20. The molecular formula is C14H13ClN2O. The summed E-state index contributed by atoms with van der Waals surface area (Å²) in [6, 6.07) is 14.7. The van der Waals surface area contributed by atoms with Crippen LogP contribution in [-0.4, -0.2) is 5.84 Å². The molecular weight excluding hydrogens is 248 g/mol. The number of nitrogens with one attached hydrogen (secondary N) is 1. The zero-order chi connectivity index (χ0) is 13.0. The Hall–Kier alpha value is -2.00. The fraction of sp³-hybridized carbons (Fsp3) is 0.0714. The SMILES string of the molecule is N=C(N)c1ccc(COc2ccccc2Cl)cc1. The number of rotatable bonds is 4. The van der Waals surface area contributed by atoms with Crippen LogP contribution in [0.25, 0.3) is 0 Å². The molecule has 0 fully saturated rings. The van der Waals surface area contributed by atoms with Gasteiger partial charge in [-0.2, -0.15) is 0 Å². The monoisotopic (exact) mass is 260 g/mol. The number of ether oxygens (including phenoxy) is 1. The number of hydrogen-bond acceptors (Lipinski definition) is 2. The molecule has 0 unspecified atom stereocenters. The fourth-order valence-corrected chi connectivity index (χ4v) is 1.69. The summed E-state index contributed by atoms with van der Waals surface area (Å²) >= 11 is 5.99. The van der Waals surface area contributed by atoms with Crippen molar-refractivity contribution in [3.8, 4) is 5.75 Å². The summed E-state index contributed by atoms with van der Waals surface area (Å²) in [5, 5.41) is 7.89. The maximum Gasteiger partial charge on any atom is 0.138 e. The lowest BCUT2D eigenvalue weighted by Gasteiger charge is -2.08. The molecule has 0 aliphatic rings. The van der Waals surface area contributed by atoms with E-state index in [1.807, 2.05) is 30.3 Å². The molecule has 3 nitrogen and oxygen atoms in total. The van der Waals surface area contributed by atoms with Gasteiger partial charge in [-0.1, -0.05) is 48.0 Å². The van der Waals surface area contributed by atoms with Gasteiger partial charge in [0.15, 0.2) is 0 Å². The summed E-state index contributed by atoms with van der Waals surface area (Å²) in [5.74, 6) is 0.725. The molecule has 0 saturated carbocycles. The van der Waals surface area contributed by atoms with Crippen LogP contribution in [0.15, 0.2) is 48.5 Å². The second kappa shape index (κ2) is 5.56. The lowest BCUT2D eigenvalue weighted by molar-refractivity contribution is 0.306. The minimum atomic E-state index is 0.0635. The zero-order valence-corrected chi connectivity index (χ0v) is 10.4. The van der Waals surface area contributed by atoms with E-state index in [4.69, 9.17) is 27.5 Å². The van der Waals surface area contributed by atoms with Gasteiger partial charge in [-0.05, 0) is 17.7 Å². The van der Waals surface area contributed by atoms with Crippen LogP contribution in [0, 0.1) is 5.41 Å². The van der Waals surface area contributed by atoms with Crippen molar-refractivity contribution in [1.82, 2.24) is 0 Å². The highest BCUT2D eigenvalue weighted by molar-refractivity contribution is 6.32. The highest BCUT2D eigenvalue weighted by atomic mass is 35.5. The third kappa shape index (κ3) is 3.02. The second-order valence-electron chi connectivity index (χ2n) is 3.83. The van der Waals surface area contributed by atoms with E-state index in [1.165, 1.54) is 0 Å². The van der Waals surface area contributed by atoms with E-state index in [0.717, 1.165) is 5.56 Å². The highest BCUT2D eigenvalue weighted by Crippen LogP contribution is 2.24. The van der Waals surface area contributed by atoms with Crippen molar-refractivity contribution in [1.29, 1.82) is 5.41 Å². The molecule has 0 radical (unpaired) electrons. The Kier molecular flexibility index (Phi) is 3.85. The molecule has 0 atom stereocenters. The molecule has 0 aliphatic heterocycles. The zero-order valence-electron chi connectivity index (χ0n) is 9.69. The summed E-state index contributed by atoms with van der Waals surface area (Å²) in [6.07, 6.45) is 0. The Labute approximate surface area is 111 Å². The fourth-order valence-electron chi connectivity index (χ4n) is 1.50. The van der Waals surface area contributed by atoms with Crippen molar-refractivity contribution < 1.29 is 4.74 Å². The molecule has 2 rings (SSSR count). The number of nitrogen functional groups attached to an aromatic ring is 1. The van der Waals surface area contributed by atoms with Gasteiger partial charge in [-0.25, -0.2) is 0 Å². The maximum atomic E-state index is 7.30. The average Bonchev–Trinajstić information content (AvgIpc) is 2.38. The van der Waals surface area contributed by atoms with Gasteiger partial charge >= 0.3 is 0 Å². The number of halogens is 1. The number of hydrogen-bond donors (Lipinski definition) is 2. The van der Waals surface area contributed by atoms with Crippen LogP contribution in [0.4, 0.5) is 0 Å². The van der Waals surface area contributed by atoms with Gasteiger partial charge < -0.3 is 10.5 Å². The predicted molar refractivity (Wildman–Crippen MR) is 73.2 cm³/mol. The molecule has 0 heterocycles. The van der Waals surface area contributed by atoms with Gasteiger partial charge in [0.2, 0.25) is 0 Å². The highest BCUT2D eigenvalue weighted by Gasteiger charge is 2.01. The van der Waals surface area contributed by atoms with Gasteiger partial charge in [0.25, 0.3) is 0 Å². The van der Waals surface area contributed by atoms with Crippen LogP contribution >= 0.6 is 11.6 Å². The van der Waals surface area contributed by atoms with Crippen molar-refractivity contribution >= 4 is 17.4 Å². The van der Waals surface area contributed by atoms with Crippen LogP contribution in [0.5, 0.6) is 5.75 Å². The summed E-state index contributed by atoms with van der Waals surface area (Å²) in [6.45, 7) is 0.432. The molecule has 2 aromatic rings. The van der Waals surface area contributed by atoms with Crippen molar-refractivity contribution in [2.75, 3.05) is 0 Å². The Morgan fingerprint density at radius 1 is 1.11 bits per heavy atom. The van der Waals surface area contributed by atoms with Gasteiger partial charge in [0.1, 0.15) is 18.2 Å². The summed E-state index contributed by atoms with van der Waals surface area (Å²) in [5.41, 5.74) is 7.09. The van der Waals surface area contributed by atoms with Crippen LogP contribution in [0.2, 0.25) is 5.02 Å². The molecule has 18 heavy (non-hydrogen) atoms. The average molecular weight is 261 g/mol. The Morgan fingerprint density at radius 3 is 2.39 bits per heavy atom. The summed E-state index contributed by atoms with van der Waals surface area (Å²) in [7, 11) is 0. The van der Waals surface area contributed by atoms with E-state index in [0.29, 0.717) is 22.9 Å². The minimum absolute atomic E-state index is 0.0635. The quantitative estimate of drug-likeness (QED) is 0.655. The molecule has 0 amide bonds. The second-order valence-corrected chi connectivity index (χ2v) is 4.24. The first-order valence-corrected chi connectivity index (χ1v) is 5.85. The van der Waals surface area contributed by atoms with Gasteiger partial charge in [0, 0.05) is 5.56 Å². The third-order valence-corrected chi connectivity index (χ3v) is 2.81. The van der Waals surface area contributed by atoms with E-state index in [-0.39, 0.29) is 5.84 Å². The molecule has 92 valence electrons. The van der Waals surface area contributed by atoms with E-state index in [2.05, 4.69) is 0 Å². The number of amidine groups is 1. The Balaban J connectivity index is 2.02. The normalized spacial score (nSPS) is 10.1. The van der Waals surface area contributed by atoms with E-state index < -0.39 is 0 Å². The van der Waals surface area contributed by atoms with Crippen molar-refractivity contribution in [3.63, 3.8) is 0 Å². The number of para-hydroxylation sites is 1. The molecule has 4 heteroatoms. The van der Waals surface area contributed by atoms with Crippen LogP contribution in [-0.2, 0) is 6.61 Å². The van der Waals surface area contributed by atoms with E-state index in [9.17, 15) is 0 Å². The van der Waals surface area contributed by atoms with Crippen molar-refractivity contribution in [3.05, 3.63) is 64.7 Å². The Bertz CT molecular complexity index is 552. The van der Waals surface area contributed by atoms with Gasteiger partial charge in [-0.3, -0.25) is 5.41 Å². The molecule has 0 aliphatic carbocycles. The molecule has 0 aromatic heterocycles. The van der Waals surface area contributed by atoms with Crippen molar-refractivity contribution in [2.24, 2.45) is 5.73 Å². The van der Waals surface area contributed by atoms with Crippen LogP contribution < -0.4 is 10.5 Å². The van der Waals surface area contributed by atoms with E-state index in [1.54, 1.807) is 18.2 Å². The topological polar surface area (TPSA) is 59.1 Å². The third-order valence-electron chi connectivity index (χ3n) is 2.50. The number of benzene rings is 2. The van der Waals surface area contributed by atoms with Crippen LogP contribution in [0.1, 0.15) is 11.1 Å². The summed E-state index contributed by atoms with van der Waals surface area (Å²) < 4.78 is 5.61. The minimum Gasteiger partial charge on any atom is -0.487 e. The molecule has 2 aromatic carbocycles. The van der Waals surface area contributed by atoms with Gasteiger partial charge in [0.05, 0.1) is 5.02 Å². The molecule has 0 saturated heterocycles.